The van der Waals surface area contributed by atoms with E-state index in [1.165, 1.54) is 0 Å². The van der Waals surface area contributed by atoms with Gasteiger partial charge in [0.25, 0.3) is 0 Å². The molecule has 3 nitrogen and oxygen atoms in total. The van der Waals surface area contributed by atoms with Crippen LogP contribution in [0.2, 0.25) is 0 Å². The van der Waals surface area contributed by atoms with Crippen molar-refractivity contribution in [3.05, 3.63) is 0 Å². The van der Waals surface area contributed by atoms with Crippen LogP contribution in [0.5, 0.6) is 0 Å². The Labute approximate surface area is 64.6 Å². The molecule has 0 saturated heterocycles. The Morgan fingerprint density at radius 1 is 1.08 bits per heavy atom. The van der Waals surface area contributed by atoms with E-state index in [2.05, 4.69) is 0 Å². The maximum atomic E-state index is 11.9. The smallest absolute Gasteiger partial charge is 0.204 e. The van der Waals surface area contributed by atoms with Crippen LogP contribution in [0, 0.1) is 0 Å². The van der Waals surface area contributed by atoms with E-state index in [-0.39, 0.29) is 0 Å². The second-order valence-electron chi connectivity index (χ2n) is 1.67. The second kappa shape index (κ2) is 2.80. The van der Waals surface area contributed by atoms with Gasteiger partial charge in [0.15, 0.2) is 0 Å². The molecule has 0 aliphatic carbocycles. The van der Waals surface area contributed by atoms with Crippen LogP contribution >= 0.6 is 0 Å². The first kappa shape index (κ1) is 11.6. The molecule has 0 bridgehead atoms. The van der Waals surface area contributed by atoms with Crippen LogP contribution in [0.4, 0.5) is 22.0 Å². The van der Waals surface area contributed by atoms with Gasteiger partial charge in [-0.15, -0.1) is 4.72 Å². The predicted octanol–water partition coefficient (Wildman–Crippen LogP) is 0.706. The maximum Gasteiger partial charge on any atom is 0.471 e. The standard InChI is InChI=1S/C3H3F5NO2S/c1-9-12(10,11)3(7,8)2(4,5)6/h1H3. The second-order valence-corrected chi connectivity index (χ2v) is 3.50. The third-order valence-corrected chi connectivity index (χ3v) is 2.25. The topological polar surface area (TPSA) is 48.2 Å². The van der Waals surface area contributed by atoms with E-state index in [4.69, 9.17) is 0 Å². The van der Waals surface area contributed by atoms with Crippen LogP contribution in [0.15, 0.2) is 0 Å². The summed E-state index contributed by atoms with van der Waals surface area (Å²) < 4.78 is 79.8. The van der Waals surface area contributed by atoms with Gasteiger partial charge in [0.05, 0.1) is 0 Å². The Kier molecular flexibility index (Phi) is 2.70. The maximum absolute atomic E-state index is 11.9. The van der Waals surface area contributed by atoms with E-state index in [0.29, 0.717) is 7.05 Å². The molecule has 1 radical (unpaired) electrons. The Bertz CT molecular complexity index is 254. The van der Waals surface area contributed by atoms with Crippen LogP contribution in [0.3, 0.4) is 0 Å². The summed E-state index contributed by atoms with van der Waals surface area (Å²) in [7, 11) is -5.45. The first-order chi connectivity index (χ1) is 5.06. The molecular formula is C3H3F5NO2S. The molecule has 0 spiro atoms. The molecule has 0 aromatic rings. The van der Waals surface area contributed by atoms with Crippen molar-refractivity contribution in [3.8, 4) is 0 Å². The highest BCUT2D eigenvalue weighted by molar-refractivity contribution is 7.90. The third kappa shape index (κ3) is 1.66. The molecule has 0 aliphatic heterocycles. The molecule has 9 heteroatoms. The zero-order valence-corrected chi connectivity index (χ0v) is 6.38. The monoisotopic (exact) mass is 212 g/mol. The number of hydrogen-bond acceptors (Lipinski definition) is 2. The zero-order chi connectivity index (χ0) is 10.2. The van der Waals surface area contributed by atoms with Gasteiger partial charge in [-0.1, -0.05) is 0 Å². The Morgan fingerprint density at radius 3 is 1.50 bits per heavy atom. The lowest BCUT2D eigenvalue weighted by atomic mass is 10.7. The van der Waals surface area contributed by atoms with Crippen molar-refractivity contribution in [1.82, 2.24) is 4.72 Å². The van der Waals surface area contributed by atoms with Crippen LogP contribution in [0.1, 0.15) is 0 Å². The number of alkyl halides is 5. The van der Waals surface area contributed by atoms with Crippen LogP contribution in [-0.2, 0) is 10.0 Å². The van der Waals surface area contributed by atoms with E-state index in [1.807, 2.05) is 4.72 Å². The average molecular weight is 212 g/mol. The predicted molar refractivity (Wildman–Crippen MR) is 28.0 cm³/mol. The highest BCUT2D eigenvalue weighted by Gasteiger charge is 2.67. The van der Waals surface area contributed by atoms with Crippen LogP contribution in [0.25, 0.3) is 0 Å². The molecule has 0 atom stereocenters. The molecule has 0 aromatic heterocycles. The lowest BCUT2D eigenvalue weighted by Gasteiger charge is -2.17. The molecule has 0 saturated carbocycles. The van der Waals surface area contributed by atoms with Crippen LogP contribution in [-0.4, -0.2) is 26.9 Å². The molecule has 0 fully saturated rings. The lowest BCUT2D eigenvalue weighted by Crippen LogP contribution is -2.46. The summed E-state index contributed by atoms with van der Waals surface area (Å²) in [5.74, 6) is 0. The normalized spacial score (nSPS) is 14.8. The molecule has 0 rings (SSSR count). The van der Waals surface area contributed by atoms with E-state index in [9.17, 15) is 30.4 Å². The highest BCUT2D eigenvalue weighted by Crippen LogP contribution is 2.39. The van der Waals surface area contributed by atoms with Crippen molar-refractivity contribution >= 4 is 10.0 Å². The van der Waals surface area contributed by atoms with Crippen molar-refractivity contribution in [3.63, 3.8) is 0 Å². The van der Waals surface area contributed by atoms with Gasteiger partial charge in [0.2, 0.25) is 0 Å². The van der Waals surface area contributed by atoms with Gasteiger partial charge in [-0.2, -0.15) is 22.0 Å². The summed E-state index contributed by atoms with van der Waals surface area (Å²) in [6.45, 7) is 0. The summed E-state index contributed by atoms with van der Waals surface area (Å²) in [5.41, 5.74) is 0. The largest absolute Gasteiger partial charge is 0.471 e. The van der Waals surface area contributed by atoms with Crippen LogP contribution < -0.4 is 4.72 Å². The first-order valence-electron chi connectivity index (χ1n) is 2.36. The van der Waals surface area contributed by atoms with E-state index in [1.54, 1.807) is 0 Å². The Morgan fingerprint density at radius 2 is 1.42 bits per heavy atom. The summed E-state index contributed by atoms with van der Waals surface area (Å²) in [6.07, 6.45) is -6.13. The molecule has 0 heterocycles. The highest BCUT2D eigenvalue weighted by atomic mass is 32.2. The third-order valence-electron chi connectivity index (χ3n) is 0.894. The fraction of sp³-hybridized carbons (Fsp3) is 1.00. The molecule has 0 N–H and O–H groups in total. The number of hydrogen-bond donors (Lipinski definition) is 0. The fourth-order valence-electron chi connectivity index (χ4n) is 0.261. The van der Waals surface area contributed by atoms with Gasteiger partial charge in [-0.3, -0.25) is 0 Å². The van der Waals surface area contributed by atoms with Gasteiger partial charge < -0.3 is 0 Å². The van der Waals surface area contributed by atoms with Crippen molar-refractivity contribution < 1.29 is 30.4 Å². The number of rotatable bonds is 2. The summed E-state index contributed by atoms with van der Waals surface area (Å²) in [4.78, 5) is 0. The minimum absolute atomic E-state index is 0.342. The van der Waals surface area contributed by atoms with Gasteiger partial charge in [-0.05, 0) is 0 Å². The zero-order valence-electron chi connectivity index (χ0n) is 5.56. The summed E-state index contributed by atoms with van der Waals surface area (Å²) >= 11 is 0. The molecular weight excluding hydrogens is 209 g/mol. The molecule has 0 aromatic carbocycles. The Balaban J connectivity index is 5.14. The number of nitrogens with zero attached hydrogens (tertiary/aromatic N) is 1. The van der Waals surface area contributed by atoms with Crippen molar-refractivity contribution in [2.24, 2.45) is 0 Å². The lowest BCUT2D eigenvalue weighted by molar-refractivity contribution is -0.241. The van der Waals surface area contributed by atoms with Gasteiger partial charge >= 0.3 is 21.5 Å². The molecule has 0 unspecified atom stereocenters. The SMILES string of the molecule is C[N]S(=O)(=O)C(F)(F)C(F)(F)F. The molecule has 73 valence electrons. The average Bonchev–Trinajstić information content (AvgIpc) is 1.85. The minimum atomic E-state index is -6.13. The molecule has 0 aliphatic rings. The van der Waals surface area contributed by atoms with Crippen molar-refractivity contribution in [1.29, 1.82) is 0 Å². The Hall–Kier alpha value is -0.440. The van der Waals surface area contributed by atoms with Crippen molar-refractivity contribution in [2.75, 3.05) is 7.05 Å². The summed E-state index contributed by atoms with van der Waals surface area (Å²) in [6, 6.07) is 0. The summed E-state index contributed by atoms with van der Waals surface area (Å²) in [5, 5.41) is -5.81. The van der Waals surface area contributed by atoms with Gasteiger partial charge in [-0.25, -0.2) is 8.42 Å². The first-order valence-corrected chi connectivity index (χ1v) is 3.80. The van der Waals surface area contributed by atoms with Crippen molar-refractivity contribution in [2.45, 2.75) is 11.4 Å². The van der Waals surface area contributed by atoms with Gasteiger partial charge in [0.1, 0.15) is 0 Å². The minimum Gasteiger partial charge on any atom is -0.204 e. The van der Waals surface area contributed by atoms with E-state index >= 15 is 0 Å². The van der Waals surface area contributed by atoms with Gasteiger partial charge in [0, 0.05) is 7.05 Å². The fourth-order valence-corrected chi connectivity index (χ4v) is 0.783. The van der Waals surface area contributed by atoms with E-state index < -0.39 is 21.5 Å². The van der Waals surface area contributed by atoms with E-state index in [0.717, 1.165) is 0 Å². The quantitative estimate of drug-likeness (QED) is 0.633. The number of sulfonamides is 1. The molecule has 0 amide bonds. The number of halogens is 5. The molecule has 12 heavy (non-hydrogen) atoms.